The quantitative estimate of drug-likeness (QED) is 0.221. The average molecular weight is 631 g/mol. The summed E-state index contributed by atoms with van der Waals surface area (Å²) in [7, 11) is 0. The van der Waals surface area contributed by atoms with Gasteiger partial charge in [-0.15, -0.1) is 28.5 Å². The number of carbonyl (C=O) groups excluding carboxylic acids is 2. The Morgan fingerprint density at radius 3 is 2.71 bits per heavy atom. The van der Waals surface area contributed by atoms with Crippen LogP contribution in [0.5, 0.6) is 5.75 Å². The van der Waals surface area contributed by atoms with Crippen molar-refractivity contribution in [1.82, 2.24) is 35.5 Å². The van der Waals surface area contributed by atoms with Crippen LogP contribution in [0.1, 0.15) is 33.2 Å². The normalized spacial score (nSPS) is 12.1. The van der Waals surface area contributed by atoms with Crippen LogP contribution in [0, 0.1) is 5.82 Å². The number of nitrogens with zero attached hydrogens (tertiary/aromatic N) is 6. The molecule has 1 unspecified atom stereocenters. The Kier molecular flexibility index (Phi) is 9.95. The fraction of sp³-hybridized carbons (Fsp3) is 0.292. The summed E-state index contributed by atoms with van der Waals surface area (Å²) in [4.78, 5) is 28.6. The summed E-state index contributed by atoms with van der Waals surface area (Å²) < 4.78 is 70.7. The Labute approximate surface area is 243 Å². The van der Waals surface area contributed by atoms with Gasteiger partial charge < -0.3 is 15.4 Å². The predicted molar refractivity (Wildman–Crippen MR) is 139 cm³/mol. The van der Waals surface area contributed by atoms with Gasteiger partial charge in [0.15, 0.2) is 5.69 Å². The monoisotopic (exact) mass is 630 g/mol. The summed E-state index contributed by atoms with van der Waals surface area (Å²) in [5.74, 6) is -2.82. The average Bonchev–Trinajstić information content (AvgIpc) is 3.57. The molecule has 3 aromatic heterocycles. The van der Waals surface area contributed by atoms with Gasteiger partial charge in [-0.25, -0.2) is 13.5 Å². The number of halogens is 6. The third-order valence-electron chi connectivity index (χ3n) is 5.35. The lowest BCUT2D eigenvalue weighted by Gasteiger charge is -2.10. The van der Waals surface area contributed by atoms with E-state index in [-0.39, 0.29) is 42.3 Å². The van der Waals surface area contributed by atoms with E-state index in [1.165, 1.54) is 17.1 Å². The van der Waals surface area contributed by atoms with Gasteiger partial charge in [0.05, 0.1) is 31.4 Å². The van der Waals surface area contributed by atoms with E-state index >= 15 is 0 Å². The second-order valence-electron chi connectivity index (χ2n) is 8.64. The van der Waals surface area contributed by atoms with Gasteiger partial charge in [0.25, 0.3) is 5.91 Å². The SMILES string of the molecule is O=C(Cc1cc(OC(F)(F)F)ccc1F)Nc1nnc(CCC(F)Cn2cc(C(=O)NCc3cc(Cl)ccn3)nn2)s1. The molecule has 0 bridgehead atoms. The molecule has 3 heterocycles. The molecule has 4 aromatic rings. The molecule has 0 aliphatic heterocycles. The number of ether oxygens (including phenoxy) is 1. The summed E-state index contributed by atoms with van der Waals surface area (Å²) >= 11 is 6.85. The van der Waals surface area contributed by atoms with Crippen molar-refractivity contribution in [1.29, 1.82) is 0 Å². The number of aryl methyl sites for hydroxylation is 1. The number of carbonyl (C=O) groups is 2. The lowest BCUT2D eigenvalue weighted by atomic mass is 10.1. The third kappa shape index (κ3) is 9.41. The fourth-order valence-corrected chi connectivity index (χ4v) is 4.45. The van der Waals surface area contributed by atoms with Crippen LogP contribution < -0.4 is 15.4 Å². The summed E-state index contributed by atoms with van der Waals surface area (Å²) in [5.41, 5.74) is 0.226. The standard InChI is InChI=1S/C24H20ClF5N8O3S/c25-14-5-6-31-16(9-14)10-32-22(40)19-12-38(37-34-19)11-15(26)1-4-21-35-36-23(42-21)33-20(39)8-13-7-17(2-3-18(13)27)41-24(28,29)30/h2-3,5-7,9,12,15H,1,4,8,10-11H2,(H,32,40)(H,33,36,39). The van der Waals surface area contributed by atoms with Gasteiger partial charge in [-0.05, 0) is 36.8 Å². The lowest BCUT2D eigenvalue weighted by Crippen LogP contribution is -2.23. The lowest BCUT2D eigenvalue weighted by molar-refractivity contribution is -0.274. The van der Waals surface area contributed by atoms with Crippen LogP contribution in [-0.2, 0) is 30.7 Å². The van der Waals surface area contributed by atoms with Crippen molar-refractivity contribution >= 4 is 39.9 Å². The molecule has 4 rings (SSSR count). The number of alkyl halides is 4. The third-order valence-corrected chi connectivity index (χ3v) is 6.49. The van der Waals surface area contributed by atoms with Crippen LogP contribution >= 0.6 is 22.9 Å². The molecule has 0 saturated heterocycles. The molecule has 18 heteroatoms. The number of hydrogen-bond acceptors (Lipinski definition) is 9. The summed E-state index contributed by atoms with van der Waals surface area (Å²) in [5, 5.41) is 21.1. The number of pyridine rings is 1. The summed E-state index contributed by atoms with van der Waals surface area (Å²) in [6, 6.07) is 5.53. The summed E-state index contributed by atoms with van der Waals surface area (Å²) in [6.07, 6.45) is -3.94. The van der Waals surface area contributed by atoms with Crippen molar-refractivity contribution in [2.24, 2.45) is 0 Å². The molecular weight excluding hydrogens is 611 g/mol. The number of nitrogens with one attached hydrogen (secondary N) is 2. The van der Waals surface area contributed by atoms with E-state index in [1.807, 2.05) is 0 Å². The first kappa shape index (κ1) is 30.7. The Bertz CT molecular complexity index is 1550. The Hall–Kier alpha value is -4.25. The predicted octanol–water partition coefficient (Wildman–Crippen LogP) is 4.30. The van der Waals surface area contributed by atoms with Crippen LogP contribution in [-0.4, -0.2) is 54.5 Å². The minimum atomic E-state index is -4.97. The van der Waals surface area contributed by atoms with E-state index in [2.05, 4.69) is 40.9 Å². The van der Waals surface area contributed by atoms with Crippen molar-refractivity contribution in [2.75, 3.05) is 5.32 Å². The first-order chi connectivity index (χ1) is 19.9. The fourth-order valence-electron chi connectivity index (χ4n) is 3.50. The molecule has 42 heavy (non-hydrogen) atoms. The van der Waals surface area contributed by atoms with E-state index in [9.17, 15) is 31.5 Å². The molecular formula is C24H20ClF5N8O3S. The van der Waals surface area contributed by atoms with Crippen LogP contribution in [0.3, 0.4) is 0 Å². The topological polar surface area (TPSA) is 137 Å². The first-order valence-corrected chi connectivity index (χ1v) is 13.2. The zero-order valence-corrected chi connectivity index (χ0v) is 22.8. The van der Waals surface area contributed by atoms with E-state index in [4.69, 9.17) is 11.6 Å². The number of benzene rings is 1. The van der Waals surface area contributed by atoms with Crippen LogP contribution in [0.2, 0.25) is 5.02 Å². The van der Waals surface area contributed by atoms with Gasteiger partial charge >= 0.3 is 6.36 Å². The molecule has 0 aliphatic rings. The maximum Gasteiger partial charge on any atom is 0.573 e. The highest BCUT2D eigenvalue weighted by Gasteiger charge is 2.31. The smallest absolute Gasteiger partial charge is 0.406 e. The highest BCUT2D eigenvalue weighted by Crippen LogP contribution is 2.25. The molecule has 2 amide bonds. The van der Waals surface area contributed by atoms with Gasteiger partial charge in [-0.3, -0.25) is 14.6 Å². The number of amides is 2. The highest BCUT2D eigenvalue weighted by atomic mass is 35.5. The maximum atomic E-state index is 14.6. The first-order valence-electron chi connectivity index (χ1n) is 12.0. The summed E-state index contributed by atoms with van der Waals surface area (Å²) in [6.45, 7) is -0.0650. The van der Waals surface area contributed by atoms with Crippen molar-refractivity contribution in [3.8, 4) is 5.75 Å². The van der Waals surface area contributed by atoms with E-state index in [0.717, 1.165) is 29.5 Å². The molecule has 222 valence electrons. The van der Waals surface area contributed by atoms with Gasteiger partial charge in [-0.2, -0.15) is 0 Å². The van der Waals surface area contributed by atoms with E-state index < -0.39 is 42.3 Å². The van der Waals surface area contributed by atoms with Crippen LogP contribution in [0.4, 0.5) is 27.1 Å². The molecule has 0 fully saturated rings. The highest BCUT2D eigenvalue weighted by molar-refractivity contribution is 7.15. The molecule has 11 nitrogen and oxygen atoms in total. The number of hydrogen-bond donors (Lipinski definition) is 2. The van der Waals surface area contributed by atoms with Crippen LogP contribution in [0.15, 0.2) is 42.7 Å². The molecule has 0 radical (unpaired) electrons. The van der Waals surface area contributed by atoms with E-state index in [0.29, 0.717) is 15.7 Å². The molecule has 0 aliphatic carbocycles. The Morgan fingerprint density at radius 2 is 1.95 bits per heavy atom. The molecule has 0 spiro atoms. The second kappa shape index (κ2) is 13.6. The van der Waals surface area contributed by atoms with Crippen molar-refractivity contribution in [3.05, 3.63) is 75.5 Å². The van der Waals surface area contributed by atoms with Gasteiger partial charge in [0, 0.05) is 23.2 Å². The van der Waals surface area contributed by atoms with Crippen molar-refractivity contribution < 1.29 is 36.3 Å². The largest absolute Gasteiger partial charge is 0.573 e. The zero-order valence-electron chi connectivity index (χ0n) is 21.2. The maximum absolute atomic E-state index is 14.6. The minimum Gasteiger partial charge on any atom is -0.406 e. The second-order valence-corrected chi connectivity index (χ2v) is 10.1. The minimum absolute atomic E-state index is 0.00628. The molecule has 1 aromatic carbocycles. The molecule has 2 N–H and O–H groups in total. The molecule has 1 atom stereocenters. The zero-order chi connectivity index (χ0) is 30.3. The van der Waals surface area contributed by atoms with Gasteiger partial charge in [0.1, 0.15) is 22.7 Å². The molecule has 0 saturated carbocycles. The van der Waals surface area contributed by atoms with Gasteiger partial charge in [0.2, 0.25) is 11.0 Å². The van der Waals surface area contributed by atoms with Gasteiger partial charge in [-0.1, -0.05) is 28.2 Å². The number of aromatic nitrogens is 6. The number of anilines is 1. The number of rotatable bonds is 12. The Morgan fingerprint density at radius 1 is 1.14 bits per heavy atom. The van der Waals surface area contributed by atoms with Crippen molar-refractivity contribution in [2.45, 2.75) is 44.9 Å². The van der Waals surface area contributed by atoms with Crippen molar-refractivity contribution in [3.63, 3.8) is 0 Å². The van der Waals surface area contributed by atoms with Crippen LogP contribution in [0.25, 0.3) is 0 Å². The van der Waals surface area contributed by atoms with E-state index in [1.54, 1.807) is 12.1 Å². The Balaban J connectivity index is 1.21.